The molecule has 0 radical (unpaired) electrons. The molecule has 1 fully saturated rings. The van der Waals surface area contributed by atoms with Gasteiger partial charge in [-0.15, -0.1) is 5.10 Å². The fraction of sp³-hybridized carbons (Fsp3) is 0.100. The third kappa shape index (κ3) is 5.51. The molecule has 0 saturated carbocycles. The number of nitrogens with zero attached hydrogens (tertiary/aromatic N) is 2. The van der Waals surface area contributed by atoms with Crippen molar-refractivity contribution in [3.63, 3.8) is 0 Å². The van der Waals surface area contributed by atoms with Crippen molar-refractivity contribution in [3.05, 3.63) is 76.2 Å². The first kappa shape index (κ1) is 21.2. The van der Waals surface area contributed by atoms with Gasteiger partial charge in [0.15, 0.2) is 16.7 Å². The zero-order chi connectivity index (χ0) is 21.5. The molecular formula is C20H15F2N3O4S. The van der Waals surface area contributed by atoms with Crippen LogP contribution in [0.15, 0.2) is 63.6 Å². The molecule has 1 aliphatic heterocycles. The molecule has 0 spiro atoms. The first-order valence-corrected chi connectivity index (χ1v) is 9.33. The summed E-state index contributed by atoms with van der Waals surface area (Å²) in [5.74, 6) is -3.25. The highest BCUT2D eigenvalue weighted by molar-refractivity contribution is 8.18. The van der Waals surface area contributed by atoms with E-state index in [4.69, 9.17) is 4.74 Å². The molecule has 30 heavy (non-hydrogen) atoms. The zero-order valence-electron chi connectivity index (χ0n) is 15.6. The maximum atomic E-state index is 13.6. The van der Waals surface area contributed by atoms with E-state index in [9.17, 15) is 18.4 Å². The van der Waals surface area contributed by atoms with E-state index < -0.39 is 23.5 Å². The lowest BCUT2D eigenvalue weighted by molar-refractivity contribution is -0.135. The summed E-state index contributed by atoms with van der Waals surface area (Å²) in [6.07, 6.45) is 2.54. The van der Waals surface area contributed by atoms with Gasteiger partial charge in [-0.1, -0.05) is 30.3 Å². The fourth-order valence-corrected chi connectivity index (χ4v) is 2.98. The molecule has 0 bridgehead atoms. The first-order valence-electron chi connectivity index (χ1n) is 8.52. The van der Waals surface area contributed by atoms with E-state index >= 15 is 0 Å². The number of hydrogen-bond donors (Lipinski definition) is 1. The van der Waals surface area contributed by atoms with Gasteiger partial charge in [0, 0.05) is 6.08 Å². The molecule has 1 aliphatic rings. The number of amidine groups is 1. The Bertz CT molecular complexity index is 1050. The second-order valence-electron chi connectivity index (χ2n) is 5.82. The average Bonchev–Trinajstić information content (AvgIpc) is 3.09. The van der Waals surface area contributed by atoms with E-state index in [2.05, 4.69) is 20.3 Å². The summed E-state index contributed by atoms with van der Waals surface area (Å²) >= 11 is 0.969. The number of amides is 1. The molecule has 2 aromatic carbocycles. The van der Waals surface area contributed by atoms with Crippen molar-refractivity contribution in [2.45, 2.75) is 6.61 Å². The van der Waals surface area contributed by atoms with E-state index in [1.165, 1.54) is 25.5 Å². The number of ether oxygens (including phenoxy) is 2. The summed E-state index contributed by atoms with van der Waals surface area (Å²) < 4.78 is 36.5. The Morgan fingerprint density at radius 1 is 1.20 bits per heavy atom. The standard InChI is InChI=1S/C20H15F2N3O4S/c1-28-17(26)9-16-19(27)24-20(30-16)25-23-10-12-5-7-13(8-6-12)11-29-15-4-2-3-14(21)18(15)22/h2-10H,11H2,1H3,(H,24,25,27)/b16-9+,23-10?. The lowest BCUT2D eigenvalue weighted by Crippen LogP contribution is -2.19. The van der Waals surface area contributed by atoms with Gasteiger partial charge >= 0.3 is 5.97 Å². The lowest BCUT2D eigenvalue weighted by atomic mass is 10.1. The summed E-state index contributed by atoms with van der Waals surface area (Å²) in [4.78, 5) is 23.1. The Morgan fingerprint density at radius 2 is 1.97 bits per heavy atom. The summed E-state index contributed by atoms with van der Waals surface area (Å²) in [5, 5.41) is 10.5. The number of benzene rings is 2. The normalized spacial score (nSPS) is 16.3. The number of thioether (sulfide) groups is 1. The van der Waals surface area contributed by atoms with Crippen molar-refractivity contribution in [3.8, 4) is 5.75 Å². The van der Waals surface area contributed by atoms with E-state index in [1.54, 1.807) is 24.3 Å². The number of rotatable bonds is 6. The van der Waals surface area contributed by atoms with E-state index in [-0.39, 0.29) is 22.4 Å². The van der Waals surface area contributed by atoms with Crippen LogP contribution in [0.3, 0.4) is 0 Å². The van der Waals surface area contributed by atoms with Crippen molar-refractivity contribution >= 4 is 35.0 Å². The number of methoxy groups -OCH3 is 1. The van der Waals surface area contributed by atoms with Crippen molar-refractivity contribution < 1.29 is 27.8 Å². The van der Waals surface area contributed by atoms with Gasteiger partial charge in [0.1, 0.15) is 6.61 Å². The Balaban J connectivity index is 1.57. The predicted octanol–water partition coefficient (Wildman–Crippen LogP) is 3.15. The Morgan fingerprint density at radius 3 is 2.70 bits per heavy atom. The highest BCUT2D eigenvalue weighted by Crippen LogP contribution is 2.23. The third-order valence-electron chi connectivity index (χ3n) is 3.75. The zero-order valence-corrected chi connectivity index (χ0v) is 16.4. The highest BCUT2D eigenvalue weighted by atomic mass is 32.2. The van der Waals surface area contributed by atoms with Gasteiger partial charge < -0.3 is 9.47 Å². The second-order valence-corrected chi connectivity index (χ2v) is 6.85. The molecule has 1 saturated heterocycles. The maximum Gasteiger partial charge on any atom is 0.331 e. The van der Waals surface area contributed by atoms with Crippen LogP contribution in [0.1, 0.15) is 11.1 Å². The molecule has 0 aliphatic carbocycles. The summed E-state index contributed by atoms with van der Waals surface area (Å²) in [7, 11) is 1.22. The molecule has 3 rings (SSSR count). The van der Waals surface area contributed by atoms with E-state index in [0.29, 0.717) is 0 Å². The van der Waals surface area contributed by atoms with Crippen LogP contribution in [0, 0.1) is 11.6 Å². The minimum Gasteiger partial charge on any atom is -0.486 e. The van der Waals surface area contributed by atoms with Crippen LogP contribution >= 0.6 is 11.8 Å². The van der Waals surface area contributed by atoms with Crippen LogP contribution in [0.5, 0.6) is 5.75 Å². The molecule has 1 heterocycles. The number of halogens is 2. The van der Waals surface area contributed by atoms with Gasteiger partial charge in [-0.05, 0) is 35.0 Å². The molecule has 2 aromatic rings. The van der Waals surface area contributed by atoms with Crippen LogP contribution in [0.4, 0.5) is 8.78 Å². The lowest BCUT2D eigenvalue weighted by Gasteiger charge is -2.07. The first-order chi connectivity index (χ1) is 14.5. The molecular weight excluding hydrogens is 416 g/mol. The molecule has 7 nitrogen and oxygen atoms in total. The number of carbonyl (C=O) groups excluding carboxylic acids is 2. The molecule has 10 heteroatoms. The Kier molecular flexibility index (Phi) is 6.91. The van der Waals surface area contributed by atoms with Crippen LogP contribution in [0.25, 0.3) is 0 Å². The minimum absolute atomic E-state index is 0.0675. The molecule has 1 amide bonds. The summed E-state index contributed by atoms with van der Waals surface area (Å²) in [6, 6.07) is 10.7. The van der Waals surface area contributed by atoms with Gasteiger partial charge in [0.2, 0.25) is 5.82 Å². The largest absolute Gasteiger partial charge is 0.486 e. The molecule has 1 N–H and O–H groups in total. The van der Waals surface area contributed by atoms with E-state index in [1.807, 2.05) is 0 Å². The number of esters is 1. The molecule has 0 atom stereocenters. The Labute approximate surface area is 174 Å². The van der Waals surface area contributed by atoms with Crippen LogP contribution in [0.2, 0.25) is 0 Å². The topological polar surface area (TPSA) is 89.3 Å². The second kappa shape index (κ2) is 9.79. The van der Waals surface area contributed by atoms with Crippen LogP contribution in [-0.2, 0) is 20.9 Å². The quantitative estimate of drug-likeness (QED) is 0.329. The highest BCUT2D eigenvalue weighted by Gasteiger charge is 2.24. The van der Waals surface area contributed by atoms with Gasteiger partial charge in [0.25, 0.3) is 5.91 Å². The SMILES string of the molecule is COC(=O)/C=C1/S/C(=N\N=Cc2ccc(COc3cccc(F)c3F)cc2)NC1=O. The van der Waals surface area contributed by atoms with Crippen LogP contribution in [-0.4, -0.2) is 30.4 Å². The maximum absolute atomic E-state index is 13.6. The molecule has 0 aromatic heterocycles. The van der Waals surface area contributed by atoms with Crippen molar-refractivity contribution in [1.29, 1.82) is 0 Å². The molecule has 154 valence electrons. The predicted molar refractivity (Wildman–Crippen MR) is 108 cm³/mol. The number of nitrogens with one attached hydrogen (secondary N) is 1. The number of carbonyl (C=O) groups is 2. The van der Waals surface area contributed by atoms with Crippen molar-refractivity contribution in [2.24, 2.45) is 10.2 Å². The Hall–Kier alpha value is -3.53. The van der Waals surface area contributed by atoms with Crippen molar-refractivity contribution in [1.82, 2.24) is 5.32 Å². The van der Waals surface area contributed by atoms with Crippen LogP contribution < -0.4 is 10.1 Å². The van der Waals surface area contributed by atoms with E-state index in [0.717, 1.165) is 35.0 Å². The van der Waals surface area contributed by atoms with Gasteiger partial charge in [-0.3, -0.25) is 10.1 Å². The van der Waals surface area contributed by atoms with Crippen molar-refractivity contribution in [2.75, 3.05) is 7.11 Å². The third-order valence-corrected chi connectivity index (χ3v) is 4.65. The fourth-order valence-electron chi connectivity index (χ4n) is 2.25. The number of hydrogen-bond acceptors (Lipinski definition) is 7. The van der Waals surface area contributed by atoms with Gasteiger partial charge in [0.05, 0.1) is 18.2 Å². The average molecular weight is 431 g/mol. The van der Waals surface area contributed by atoms with Gasteiger partial charge in [-0.25, -0.2) is 9.18 Å². The summed E-state index contributed by atoms with van der Waals surface area (Å²) in [5.41, 5.74) is 1.47. The monoisotopic (exact) mass is 431 g/mol. The minimum atomic E-state index is -1.03. The summed E-state index contributed by atoms with van der Waals surface area (Å²) in [6.45, 7) is 0.0675. The molecule has 0 unspecified atom stereocenters. The smallest absolute Gasteiger partial charge is 0.331 e. The van der Waals surface area contributed by atoms with Gasteiger partial charge in [-0.2, -0.15) is 9.49 Å².